The van der Waals surface area contributed by atoms with Crippen LogP contribution in [0.1, 0.15) is 0 Å². The zero-order valence-electron chi connectivity index (χ0n) is 13.2. The summed E-state index contributed by atoms with van der Waals surface area (Å²) in [5, 5.41) is 2.58. The minimum Gasteiger partial charge on any atom is -0.341 e. The number of sulfonamides is 1. The van der Waals surface area contributed by atoms with E-state index >= 15 is 0 Å². The van der Waals surface area contributed by atoms with Crippen LogP contribution in [0.3, 0.4) is 0 Å². The van der Waals surface area contributed by atoms with Gasteiger partial charge in [0.2, 0.25) is 10.0 Å². The van der Waals surface area contributed by atoms with Gasteiger partial charge in [-0.2, -0.15) is 0 Å². The van der Waals surface area contributed by atoms with Crippen molar-refractivity contribution in [3.63, 3.8) is 0 Å². The summed E-state index contributed by atoms with van der Waals surface area (Å²) < 4.78 is 28.3. The van der Waals surface area contributed by atoms with E-state index in [1.165, 1.54) is 6.07 Å². The predicted octanol–water partition coefficient (Wildman–Crippen LogP) is 0.881. The Balaban J connectivity index is 2.16. The number of nitrogens with zero attached hydrogens (tertiary/aromatic N) is 2. The molecule has 1 aromatic rings. The lowest BCUT2D eigenvalue weighted by molar-refractivity contribution is 0.207. The standard InChI is InChI=1S/C13H21ClN4O3S2/c1-15-13(19)18-7-9(6-17(2)3)10(8-18)16-23(20,21)12-5-4-11(14)22-12/h4-5,9-10,16H,6-8H2,1-3H3,(H,15,19)/t9-,10-/m1/s1. The lowest BCUT2D eigenvalue weighted by Gasteiger charge is -2.22. The fourth-order valence-electron chi connectivity index (χ4n) is 2.68. The molecule has 10 heteroatoms. The Labute approximate surface area is 145 Å². The minimum absolute atomic E-state index is 0.0208. The second-order valence-electron chi connectivity index (χ2n) is 5.77. The first-order valence-corrected chi connectivity index (χ1v) is 9.79. The van der Waals surface area contributed by atoms with Gasteiger partial charge in [-0.15, -0.1) is 11.3 Å². The second kappa shape index (κ2) is 7.35. The number of amides is 2. The van der Waals surface area contributed by atoms with Crippen LogP contribution in [0.15, 0.2) is 16.3 Å². The van der Waals surface area contributed by atoms with E-state index in [-0.39, 0.29) is 22.2 Å². The van der Waals surface area contributed by atoms with Gasteiger partial charge in [0.05, 0.1) is 4.34 Å². The van der Waals surface area contributed by atoms with E-state index in [0.717, 1.165) is 11.3 Å². The number of thiophene rings is 1. The van der Waals surface area contributed by atoms with Gasteiger partial charge in [0, 0.05) is 38.6 Å². The molecule has 130 valence electrons. The highest BCUT2D eigenvalue weighted by Crippen LogP contribution is 2.27. The van der Waals surface area contributed by atoms with Gasteiger partial charge in [-0.3, -0.25) is 0 Å². The molecular formula is C13H21ClN4O3S2. The molecule has 0 radical (unpaired) electrons. The molecule has 1 aromatic heterocycles. The molecule has 0 unspecified atom stereocenters. The van der Waals surface area contributed by atoms with Crippen LogP contribution in [-0.4, -0.2) is 71.1 Å². The molecule has 0 saturated carbocycles. The van der Waals surface area contributed by atoms with E-state index in [4.69, 9.17) is 11.6 Å². The molecule has 2 rings (SSSR count). The average Bonchev–Trinajstić information content (AvgIpc) is 3.05. The van der Waals surface area contributed by atoms with Gasteiger partial charge >= 0.3 is 6.03 Å². The molecule has 2 heterocycles. The highest BCUT2D eigenvalue weighted by molar-refractivity contribution is 7.91. The number of hydrogen-bond acceptors (Lipinski definition) is 5. The van der Waals surface area contributed by atoms with E-state index in [9.17, 15) is 13.2 Å². The average molecular weight is 381 g/mol. The van der Waals surface area contributed by atoms with Gasteiger partial charge < -0.3 is 15.1 Å². The summed E-state index contributed by atoms with van der Waals surface area (Å²) in [7, 11) is 1.77. The molecule has 1 fully saturated rings. The lowest BCUT2D eigenvalue weighted by atomic mass is 10.0. The smallest absolute Gasteiger partial charge is 0.317 e. The summed E-state index contributed by atoms with van der Waals surface area (Å²) in [5.74, 6) is 0.0208. The SMILES string of the molecule is CNC(=O)N1C[C@@H](CN(C)C)[C@H](NS(=O)(=O)c2ccc(Cl)s2)C1. The van der Waals surface area contributed by atoms with Crippen LogP contribution < -0.4 is 10.0 Å². The maximum absolute atomic E-state index is 12.5. The predicted molar refractivity (Wildman–Crippen MR) is 91.5 cm³/mol. The normalized spacial score (nSPS) is 21.9. The molecule has 2 amide bonds. The van der Waals surface area contributed by atoms with Crippen molar-refractivity contribution in [2.45, 2.75) is 10.3 Å². The Morgan fingerprint density at radius 3 is 2.65 bits per heavy atom. The van der Waals surface area contributed by atoms with Crippen molar-refractivity contribution in [2.24, 2.45) is 5.92 Å². The second-order valence-corrected chi connectivity index (χ2v) is 9.42. The molecule has 23 heavy (non-hydrogen) atoms. The van der Waals surface area contributed by atoms with Crippen molar-refractivity contribution < 1.29 is 13.2 Å². The summed E-state index contributed by atoms with van der Waals surface area (Å²) in [6.07, 6.45) is 0. The molecule has 2 N–H and O–H groups in total. The molecule has 0 aliphatic carbocycles. The van der Waals surface area contributed by atoms with E-state index in [1.807, 2.05) is 19.0 Å². The Bertz CT molecular complexity index is 662. The maximum atomic E-state index is 12.5. The summed E-state index contributed by atoms with van der Waals surface area (Å²) in [4.78, 5) is 15.5. The first kappa shape index (κ1) is 18.5. The van der Waals surface area contributed by atoms with Crippen LogP contribution in [0.25, 0.3) is 0 Å². The Kier molecular flexibility index (Phi) is 5.90. The van der Waals surface area contributed by atoms with Crippen LogP contribution in [0.4, 0.5) is 4.79 Å². The zero-order chi connectivity index (χ0) is 17.2. The molecule has 7 nitrogen and oxygen atoms in total. The van der Waals surface area contributed by atoms with Crippen LogP contribution in [-0.2, 0) is 10.0 Å². The molecule has 1 saturated heterocycles. The van der Waals surface area contributed by atoms with Gasteiger partial charge in [-0.1, -0.05) is 11.6 Å². The molecule has 0 aromatic carbocycles. The van der Waals surface area contributed by atoms with E-state index < -0.39 is 10.0 Å². The van der Waals surface area contributed by atoms with Gasteiger partial charge in [-0.05, 0) is 26.2 Å². The topological polar surface area (TPSA) is 81.8 Å². The Morgan fingerprint density at radius 1 is 1.43 bits per heavy atom. The molecule has 2 atom stereocenters. The molecule has 1 aliphatic heterocycles. The molecule has 0 spiro atoms. The molecule has 0 bridgehead atoms. The number of likely N-dealkylation sites (tertiary alicyclic amines) is 1. The summed E-state index contributed by atoms with van der Waals surface area (Å²) in [6.45, 7) is 1.54. The van der Waals surface area contributed by atoms with Gasteiger partial charge in [0.1, 0.15) is 4.21 Å². The quantitative estimate of drug-likeness (QED) is 0.794. The largest absolute Gasteiger partial charge is 0.341 e. The zero-order valence-corrected chi connectivity index (χ0v) is 15.6. The van der Waals surface area contributed by atoms with Gasteiger partial charge in [0.15, 0.2) is 0 Å². The fourth-order valence-corrected chi connectivity index (χ4v) is 5.48. The third-order valence-electron chi connectivity index (χ3n) is 3.66. The number of carbonyl (C=O) groups excluding carboxylic acids is 1. The van der Waals surface area contributed by atoms with E-state index in [2.05, 4.69) is 10.0 Å². The van der Waals surface area contributed by atoms with Crippen molar-refractivity contribution in [1.82, 2.24) is 19.8 Å². The number of carbonyl (C=O) groups is 1. The lowest BCUT2D eigenvalue weighted by Crippen LogP contribution is -2.43. The number of urea groups is 1. The minimum atomic E-state index is -3.64. The highest BCUT2D eigenvalue weighted by Gasteiger charge is 2.38. The van der Waals surface area contributed by atoms with Crippen molar-refractivity contribution in [3.8, 4) is 0 Å². The van der Waals surface area contributed by atoms with Gasteiger partial charge in [-0.25, -0.2) is 17.9 Å². The summed E-state index contributed by atoms with van der Waals surface area (Å²) >= 11 is 6.84. The van der Waals surface area contributed by atoms with Crippen LogP contribution in [0.2, 0.25) is 4.34 Å². The number of hydrogen-bond donors (Lipinski definition) is 2. The molecule has 1 aliphatic rings. The monoisotopic (exact) mass is 380 g/mol. The maximum Gasteiger partial charge on any atom is 0.317 e. The van der Waals surface area contributed by atoms with Crippen molar-refractivity contribution in [2.75, 3.05) is 40.8 Å². The van der Waals surface area contributed by atoms with E-state index in [0.29, 0.717) is 24.0 Å². The highest BCUT2D eigenvalue weighted by atomic mass is 35.5. The van der Waals surface area contributed by atoms with Crippen LogP contribution in [0.5, 0.6) is 0 Å². The number of halogens is 1. The van der Waals surface area contributed by atoms with Crippen molar-refractivity contribution >= 4 is 39.0 Å². The fraction of sp³-hybridized carbons (Fsp3) is 0.615. The third kappa shape index (κ3) is 4.57. The number of nitrogens with one attached hydrogen (secondary N) is 2. The Hall–Kier alpha value is -0.870. The van der Waals surface area contributed by atoms with Crippen molar-refractivity contribution in [3.05, 3.63) is 16.5 Å². The Morgan fingerprint density at radius 2 is 2.13 bits per heavy atom. The molecular weight excluding hydrogens is 360 g/mol. The van der Waals surface area contributed by atoms with Crippen molar-refractivity contribution in [1.29, 1.82) is 0 Å². The van der Waals surface area contributed by atoms with Crippen LogP contribution >= 0.6 is 22.9 Å². The number of rotatable bonds is 5. The summed E-state index contributed by atoms with van der Waals surface area (Å²) in [6, 6.07) is 2.51. The summed E-state index contributed by atoms with van der Waals surface area (Å²) in [5.41, 5.74) is 0. The first-order chi connectivity index (χ1) is 10.7. The van der Waals surface area contributed by atoms with Gasteiger partial charge in [0.25, 0.3) is 0 Å². The third-order valence-corrected chi connectivity index (χ3v) is 6.87. The van der Waals surface area contributed by atoms with E-state index in [1.54, 1.807) is 18.0 Å². The first-order valence-electron chi connectivity index (χ1n) is 7.12. The van der Waals surface area contributed by atoms with Crippen LogP contribution in [0, 0.1) is 5.92 Å².